The molecule has 18 heavy (non-hydrogen) atoms. The SMILES string of the molecule is CC1(C(=O)NCc2cc(Br)ccc2F)CCCO1. The Hall–Kier alpha value is -0.940. The summed E-state index contributed by atoms with van der Waals surface area (Å²) >= 11 is 3.28. The van der Waals surface area contributed by atoms with Crippen LogP contribution < -0.4 is 5.32 Å². The summed E-state index contributed by atoms with van der Waals surface area (Å²) in [6.07, 6.45) is 1.59. The Kier molecular flexibility index (Phi) is 4.02. The Labute approximate surface area is 114 Å². The smallest absolute Gasteiger partial charge is 0.252 e. The molecule has 0 bridgehead atoms. The summed E-state index contributed by atoms with van der Waals surface area (Å²) in [4.78, 5) is 12.0. The van der Waals surface area contributed by atoms with Gasteiger partial charge in [-0.25, -0.2) is 4.39 Å². The third-order valence-electron chi connectivity index (χ3n) is 3.15. The molecule has 1 fully saturated rings. The zero-order chi connectivity index (χ0) is 13.2. The van der Waals surface area contributed by atoms with E-state index in [9.17, 15) is 9.18 Å². The third kappa shape index (κ3) is 2.90. The average Bonchev–Trinajstić information content (AvgIpc) is 2.78. The van der Waals surface area contributed by atoms with Crippen molar-refractivity contribution in [3.05, 3.63) is 34.1 Å². The van der Waals surface area contributed by atoms with E-state index in [2.05, 4.69) is 21.2 Å². The summed E-state index contributed by atoms with van der Waals surface area (Å²) in [6, 6.07) is 4.66. The van der Waals surface area contributed by atoms with E-state index >= 15 is 0 Å². The van der Waals surface area contributed by atoms with Gasteiger partial charge in [-0.05, 0) is 38.0 Å². The summed E-state index contributed by atoms with van der Waals surface area (Å²) in [5.74, 6) is -0.504. The summed E-state index contributed by atoms with van der Waals surface area (Å²) in [5.41, 5.74) is -0.304. The van der Waals surface area contributed by atoms with Crippen LogP contribution in [0.25, 0.3) is 0 Å². The Balaban J connectivity index is 1.99. The van der Waals surface area contributed by atoms with Crippen molar-refractivity contribution < 1.29 is 13.9 Å². The van der Waals surface area contributed by atoms with Crippen LogP contribution >= 0.6 is 15.9 Å². The van der Waals surface area contributed by atoms with E-state index in [1.807, 2.05) is 0 Å². The van der Waals surface area contributed by atoms with Crippen LogP contribution in [0.3, 0.4) is 0 Å². The number of nitrogens with one attached hydrogen (secondary N) is 1. The van der Waals surface area contributed by atoms with Gasteiger partial charge in [0.05, 0.1) is 0 Å². The van der Waals surface area contributed by atoms with Gasteiger partial charge in [-0.1, -0.05) is 15.9 Å². The van der Waals surface area contributed by atoms with Crippen molar-refractivity contribution in [3.8, 4) is 0 Å². The van der Waals surface area contributed by atoms with Crippen molar-refractivity contribution in [2.75, 3.05) is 6.61 Å². The van der Waals surface area contributed by atoms with Crippen LogP contribution in [0.4, 0.5) is 4.39 Å². The molecule has 1 aromatic carbocycles. The summed E-state index contributed by atoms with van der Waals surface area (Å²) in [7, 11) is 0. The maximum atomic E-state index is 13.5. The normalized spacial score (nSPS) is 23.1. The number of hydrogen-bond acceptors (Lipinski definition) is 2. The second-order valence-corrected chi connectivity index (χ2v) is 5.52. The number of halogens is 2. The van der Waals surface area contributed by atoms with Gasteiger partial charge in [0.25, 0.3) is 5.91 Å². The molecule has 5 heteroatoms. The lowest BCUT2D eigenvalue weighted by Gasteiger charge is -2.22. The molecule has 98 valence electrons. The zero-order valence-electron chi connectivity index (χ0n) is 10.1. The molecule has 1 aromatic rings. The Bertz CT molecular complexity index is 458. The highest BCUT2D eigenvalue weighted by Gasteiger charge is 2.37. The number of benzene rings is 1. The van der Waals surface area contributed by atoms with Crippen LogP contribution in [0.2, 0.25) is 0 Å². The molecule has 3 nitrogen and oxygen atoms in total. The van der Waals surface area contributed by atoms with E-state index in [1.54, 1.807) is 19.1 Å². The van der Waals surface area contributed by atoms with Gasteiger partial charge in [0.2, 0.25) is 0 Å². The Morgan fingerprint density at radius 1 is 1.61 bits per heavy atom. The van der Waals surface area contributed by atoms with E-state index < -0.39 is 5.60 Å². The fraction of sp³-hybridized carbons (Fsp3) is 0.462. The first kappa shape index (κ1) is 13.5. The van der Waals surface area contributed by atoms with Gasteiger partial charge < -0.3 is 10.1 Å². The van der Waals surface area contributed by atoms with Crippen LogP contribution in [-0.4, -0.2) is 18.1 Å². The molecule has 0 aliphatic carbocycles. The number of rotatable bonds is 3. The average molecular weight is 316 g/mol. The van der Waals surface area contributed by atoms with Gasteiger partial charge >= 0.3 is 0 Å². The van der Waals surface area contributed by atoms with Gasteiger partial charge in [-0.15, -0.1) is 0 Å². The van der Waals surface area contributed by atoms with Gasteiger partial charge in [0, 0.05) is 23.2 Å². The predicted molar refractivity (Wildman–Crippen MR) is 69.5 cm³/mol. The highest BCUT2D eigenvalue weighted by atomic mass is 79.9. The second-order valence-electron chi connectivity index (χ2n) is 4.60. The maximum absolute atomic E-state index is 13.5. The lowest BCUT2D eigenvalue weighted by atomic mass is 10.0. The molecule has 1 saturated heterocycles. The van der Waals surface area contributed by atoms with Crippen LogP contribution in [0.5, 0.6) is 0 Å². The molecule has 0 radical (unpaired) electrons. The molecule has 1 amide bonds. The molecule has 0 spiro atoms. The minimum Gasteiger partial charge on any atom is -0.365 e. The van der Waals surface area contributed by atoms with E-state index in [-0.39, 0.29) is 18.3 Å². The fourth-order valence-corrected chi connectivity index (χ4v) is 2.41. The topological polar surface area (TPSA) is 38.3 Å². The first-order valence-corrected chi connectivity index (χ1v) is 6.67. The molecule has 0 saturated carbocycles. The quantitative estimate of drug-likeness (QED) is 0.931. The minimum atomic E-state index is -0.761. The summed E-state index contributed by atoms with van der Waals surface area (Å²) < 4.78 is 19.7. The van der Waals surface area contributed by atoms with E-state index in [0.717, 1.165) is 10.9 Å². The van der Waals surface area contributed by atoms with Crippen molar-refractivity contribution in [1.29, 1.82) is 0 Å². The number of amides is 1. The largest absolute Gasteiger partial charge is 0.365 e. The number of carbonyl (C=O) groups excluding carboxylic acids is 1. The zero-order valence-corrected chi connectivity index (χ0v) is 11.7. The number of carbonyl (C=O) groups is 1. The summed E-state index contributed by atoms with van der Waals surface area (Å²) in [5, 5.41) is 2.72. The Morgan fingerprint density at radius 3 is 3.06 bits per heavy atom. The van der Waals surface area contributed by atoms with Crippen molar-refractivity contribution >= 4 is 21.8 Å². The van der Waals surface area contributed by atoms with Crippen molar-refractivity contribution in [1.82, 2.24) is 5.32 Å². The van der Waals surface area contributed by atoms with Gasteiger partial charge in [-0.3, -0.25) is 4.79 Å². The molecule has 1 heterocycles. The summed E-state index contributed by atoms with van der Waals surface area (Å²) in [6.45, 7) is 2.55. The molecule has 1 N–H and O–H groups in total. The van der Waals surface area contributed by atoms with Crippen LogP contribution in [0.1, 0.15) is 25.3 Å². The minimum absolute atomic E-state index is 0.170. The molecular formula is C13H15BrFNO2. The maximum Gasteiger partial charge on any atom is 0.252 e. The third-order valence-corrected chi connectivity index (χ3v) is 3.64. The predicted octanol–water partition coefficient (Wildman–Crippen LogP) is 2.77. The van der Waals surface area contributed by atoms with Crippen molar-refractivity contribution in [2.45, 2.75) is 31.9 Å². The molecule has 1 aliphatic rings. The fourth-order valence-electron chi connectivity index (χ4n) is 2.00. The Morgan fingerprint density at radius 2 is 2.39 bits per heavy atom. The first-order chi connectivity index (χ1) is 8.51. The lowest BCUT2D eigenvalue weighted by Crippen LogP contribution is -2.43. The van der Waals surface area contributed by atoms with Crippen molar-refractivity contribution in [3.63, 3.8) is 0 Å². The van der Waals surface area contributed by atoms with E-state index in [4.69, 9.17) is 4.74 Å². The monoisotopic (exact) mass is 315 g/mol. The molecular weight excluding hydrogens is 301 g/mol. The molecule has 0 aromatic heterocycles. The molecule has 1 unspecified atom stereocenters. The van der Waals surface area contributed by atoms with Crippen LogP contribution in [0, 0.1) is 5.82 Å². The van der Waals surface area contributed by atoms with Gasteiger partial charge in [0.15, 0.2) is 0 Å². The van der Waals surface area contributed by atoms with Gasteiger partial charge in [-0.2, -0.15) is 0 Å². The molecule has 1 aliphatic heterocycles. The molecule has 1 atom stereocenters. The molecule has 2 rings (SSSR count). The number of ether oxygens (including phenoxy) is 1. The van der Waals surface area contributed by atoms with Crippen molar-refractivity contribution in [2.24, 2.45) is 0 Å². The van der Waals surface area contributed by atoms with Gasteiger partial charge in [0.1, 0.15) is 11.4 Å². The first-order valence-electron chi connectivity index (χ1n) is 5.87. The lowest BCUT2D eigenvalue weighted by molar-refractivity contribution is -0.139. The highest BCUT2D eigenvalue weighted by Crippen LogP contribution is 2.25. The van der Waals surface area contributed by atoms with E-state index in [0.29, 0.717) is 18.6 Å². The number of hydrogen-bond donors (Lipinski definition) is 1. The van der Waals surface area contributed by atoms with Crippen LogP contribution in [-0.2, 0) is 16.1 Å². The second kappa shape index (κ2) is 5.36. The van der Waals surface area contributed by atoms with E-state index in [1.165, 1.54) is 6.07 Å². The standard InChI is InChI=1S/C13H15BrFNO2/c1-13(5-2-6-18-13)12(17)16-8-9-7-10(14)3-4-11(9)15/h3-4,7H,2,5-6,8H2,1H3,(H,16,17). The van der Waals surface area contributed by atoms with Crippen LogP contribution in [0.15, 0.2) is 22.7 Å². The highest BCUT2D eigenvalue weighted by molar-refractivity contribution is 9.10.